The molecule has 2 heterocycles. The minimum Gasteiger partial charge on any atom is -0.368 e. The summed E-state index contributed by atoms with van der Waals surface area (Å²) >= 11 is 0. The third-order valence-electron chi connectivity index (χ3n) is 6.22. The first-order valence-electron chi connectivity index (χ1n) is 10.4. The van der Waals surface area contributed by atoms with Crippen molar-refractivity contribution >= 4 is 21.6 Å². The zero-order valence-electron chi connectivity index (χ0n) is 17.7. The number of nitrogens with zero attached hydrogens (tertiary/aromatic N) is 4. The molecule has 0 bridgehead atoms. The first-order chi connectivity index (χ1) is 14.1. The highest BCUT2D eigenvalue weighted by molar-refractivity contribution is 7.89. The van der Waals surface area contributed by atoms with Crippen LogP contribution in [0.4, 0.5) is 10.1 Å². The van der Waals surface area contributed by atoms with Gasteiger partial charge in [0.2, 0.25) is 15.9 Å². The molecule has 1 aromatic carbocycles. The largest absolute Gasteiger partial charge is 0.368 e. The summed E-state index contributed by atoms with van der Waals surface area (Å²) in [6.07, 6.45) is 1.26. The van der Waals surface area contributed by atoms with Crippen LogP contribution in [-0.2, 0) is 21.4 Å². The van der Waals surface area contributed by atoms with Crippen molar-refractivity contribution in [2.45, 2.75) is 63.9 Å². The number of halogens is 1. The van der Waals surface area contributed by atoms with Gasteiger partial charge in [-0.3, -0.25) is 4.79 Å². The molecule has 1 aromatic rings. The Labute approximate surface area is 178 Å². The smallest absolute Gasteiger partial charge is 0.237 e. The van der Waals surface area contributed by atoms with E-state index in [1.807, 2.05) is 30.9 Å². The number of sulfonamides is 1. The second kappa shape index (κ2) is 8.90. The summed E-state index contributed by atoms with van der Waals surface area (Å²) in [6, 6.07) is 6.57. The van der Waals surface area contributed by atoms with E-state index in [0.717, 1.165) is 6.42 Å². The maximum Gasteiger partial charge on any atom is 0.237 e. The molecule has 2 aliphatic heterocycles. The average Bonchev–Trinajstić information content (AvgIpc) is 2.69. The van der Waals surface area contributed by atoms with Crippen LogP contribution in [0.1, 0.15) is 45.6 Å². The summed E-state index contributed by atoms with van der Waals surface area (Å²) in [5.74, 6) is -0.610. The highest BCUT2D eigenvalue weighted by Gasteiger charge is 2.37. The lowest BCUT2D eigenvalue weighted by Crippen LogP contribution is -2.54. The number of carbonyl (C=O) groups excluding carboxylic acids is 1. The first-order valence-corrected chi connectivity index (χ1v) is 11.9. The highest BCUT2D eigenvalue weighted by Crippen LogP contribution is 2.29. The average molecular weight is 437 g/mol. The maximum absolute atomic E-state index is 14.9. The van der Waals surface area contributed by atoms with E-state index in [2.05, 4.69) is 0 Å². The van der Waals surface area contributed by atoms with E-state index in [1.165, 1.54) is 10.4 Å². The summed E-state index contributed by atoms with van der Waals surface area (Å²) in [5.41, 5.74) is 1.07. The summed E-state index contributed by atoms with van der Waals surface area (Å²) in [5, 5.41) is 8.28. The third-order valence-corrected chi connectivity index (χ3v) is 8.62. The van der Waals surface area contributed by atoms with Crippen LogP contribution < -0.4 is 4.90 Å². The SMILES string of the molecule is CC1CC[C@H](C)N(Cc2ccc(N3CCN(C(=O)CC#N)[C@@H](C)C3)cc2F)S1(=O)=O. The van der Waals surface area contributed by atoms with Gasteiger partial charge in [0.25, 0.3) is 0 Å². The van der Waals surface area contributed by atoms with E-state index in [9.17, 15) is 17.6 Å². The van der Waals surface area contributed by atoms with Gasteiger partial charge in [-0.1, -0.05) is 6.07 Å². The van der Waals surface area contributed by atoms with Gasteiger partial charge in [-0.25, -0.2) is 12.8 Å². The molecule has 3 rings (SSSR count). The van der Waals surface area contributed by atoms with Gasteiger partial charge >= 0.3 is 0 Å². The number of anilines is 1. The summed E-state index contributed by atoms with van der Waals surface area (Å²) < 4.78 is 41.6. The van der Waals surface area contributed by atoms with Crippen molar-refractivity contribution in [3.63, 3.8) is 0 Å². The second-order valence-corrected chi connectivity index (χ2v) is 10.6. The molecule has 0 spiro atoms. The molecule has 0 N–H and O–H groups in total. The van der Waals surface area contributed by atoms with Gasteiger partial charge in [-0.2, -0.15) is 9.57 Å². The van der Waals surface area contributed by atoms with E-state index < -0.39 is 21.1 Å². The molecule has 1 amide bonds. The fourth-order valence-corrected chi connectivity index (χ4v) is 6.08. The zero-order valence-corrected chi connectivity index (χ0v) is 18.5. The Morgan fingerprint density at radius 3 is 2.57 bits per heavy atom. The maximum atomic E-state index is 14.9. The van der Waals surface area contributed by atoms with Crippen LogP contribution in [-0.4, -0.2) is 60.5 Å². The summed E-state index contributed by atoms with van der Waals surface area (Å²) in [7, 11) is -3.43. The molecule has 2 saturated heterocycles. The Balaban J connectivity index is 1.72. The van der Waals surface area contributed by atoms with Crippen molar-refractivity contribution < 1.29 is 17.6 Å². The number of rotatable bonds is 4. The van der Waals surface area contributed by atoms with Gasteiger partial charge < -0.3 is 9.80 Å². The molecule has 0 saturated carbocycles. The standard InChI is InChI=1S/C21H29FN4O3S/c1-15-4-5-17(3)30(28,29)26(15)14-18-6-7-19(12-20(18)22)24-10-11-25(16(2)13-24)21(27)8-9-23/h6-7,12,15-17H,4-5,8,10-11,13-14H2,1-3H3/t15-,16-,17?/m0/s1. The zero-order chi connectivity index (χ0) is 22.1. The third kappa shape index (κ3) is 4.44. The molecule has 1 unspecified atom stereocenters. The Morgan fingerprint density at radius 2 is 1.93 bits per heavy atom. The van der Waals surface area contributed by atoms with E-state index in [-0.39, 0.29) is 31.0 Å². The van der Waals surface area contributed by atoms with Crippen molar-refractivity contribution in [2.24, 2.45) is 0 Å². The second-order valence-electron chi connectivity index (χ2n) is 8.32. The molecule has 3 atom stereocenters. The minimum absolute atomic E-state index is 0.0345. The van der Waals surface area contributed by atoms with Gasteiger partial charge in [0.1, 0.15) is 12.2 Å². The van der Waals surface area contributed by atoms with Crippen molar-refractivity contribution in [1.29, 1.82) is 5.26 Å². The van der Waals surface area contributed by atoms with Crippen molar-refractivity contribution in [2.75, 3.05) is 24.5 Å². The quantitative estimate of drug-likeness (QED) is 0.724. The number of hydrogen-bond acceptors (Lipinski definition) is 5. The van der Waals surface area contributed by atoms with Crippen LogP contribution in [0.25, 0.3) is 0 Å². The molecular formula is C21H29FN4O3S. The fourth-order valence-electron chi connectivity index (χ4n) is 4.26. The molecule has 2 fully saturated rings. The van der Waals surface area contributed by atoms with Gasteiger partial charge in [0.15, 0.2) is 0 Å². The number of amides is 1. The Kier molecular flexibility index (Phi) is 6.68. The lowest BCUT2D eigenvalue weighted by molar-refractivity contribution is -0.132. The van der Waals surface area contributed by atoms with E-state index in [0.29, 0.717) is 37.3 Å². The van der Waals surface area contributed by atoms with E-state index >= 15 is 0 Å². The lowest BCUT2D eigenvalue weighted by Gasteiger charge is -2.41. The van der Waals surface area contributed by atoms with Crippen molar-refractivity contribution in [1.82, 2.24) is 9.21 Å². The van der Waals surface area contributed by atoms with Gasteiger partial charge in [0, 0.05) is 49.5 Å². The number of carbonyl (C=O) groups is 1. The van der Waals surface area contributed by atoms with Crippen LogP contribution in [0.2, 0.25) is 0 Å². The molecule has 7 nitrogen and oxygen atoms in total. The Hall–Kier alpha value is -2.18. The number of hydrogen-bond donors (Lipinski definition) is 0. The van der Waals surface area contributed by atoms with Crippen LogP contribution in [0, 0.1) is 17.1 Å². The molecule has 164 valence electrons. The lowest BCUT2D eigenvalue weighted by atomic mass is 10.1. The van der Waals surface area contributed by atoms with Gasteiger partial charge in [0.05, 0.1) is 11.3 Å². The molecular weight excluding hydrogens is 407 g/mol. The first kappa shape index (κ1) is 22.5. The Morgan fingerprint density at radius 1 is 1.20 bits per heavy atom. The van der Waals surface area contributed by atoms with Crippen LogP contribution in [0.3, 0.4) is 0 Å². The molecule has 9 heteroatoms. The van der Waals surface area contributed by atoms with E-state index in [4.69, 9.17) is 5.26 Å². The predicted molar refractivity (Wildman–Crippen MR) is 113 cm³/mol. The molecule has 0 aromatic heterocycles. The van der Waals surface area contributed by atoms with Crippen molar-refractivity contribution in [3.05, 3.63) is 29.6 Å². The van der Waals surface area contributed by atoms with Crippen LogP contribution >= 0.6 is 0 Å². The van der Waals surface area contributed by atoms with Gasteiger partial charge in [-0.15, -0.1) is 0 Å². The Bertz CT molecular complexity index is 946. The molecule has 0 aliphatic carbocycles. The van der Waals surface area contributed by atoms with Crippen LogP contribution in [0.5, 0.6) is 0 Å². The van der Waals surface area contributed by atoms with E-state index in [1.54, 1.807) is 17.9 Å². The van der Waals surface area contributed by atoms with Gasteiger partial charge in [-0.05, 0) is 45.7 Å². The molecule has 0 radical (unpaired) electrons. The topological polar surface area (TPSA) is 84.7 Å². The molecule has 2 aliphatic rings. The summed E-state index contributed by atoms with van der Waals surface area (Å²) in [6.45, 7) is 7.09. The molecule has 30 heavy (non-hydrogen) atoms. The number of nitriles is 1. The number of piperazine rings is 1. The summed E-state index contributed by atoms with van der Waals surface area (Å²) in [4.78, 5) is 15.7. The van der Waals surface area contributed by atoms with Crippen LogP contribution in [0.15, 0.2) is 18.2 Å². The highest BCUT2D eigenvalue weighted by atomic mass is 32.2. The normalized spacial score (nSPS) is 27.0. The number of benzene rings is 1. The predicted octanol–water partition coefficient (Wildman–Crippen LogP) is 2.48. The monoisotopic (exact) mass is 436 g/mol. The fraction of sp³-hybridized carbons (Fsp3) is 0.619. The van der Waals surface area contributed by atoms with Crippen molar-refractivity contribution in [3.8, 4) is 6.07 Å². The minimum atomic E-state index is -3.43.